The van der Waals surface area contributed by atoms with E-state index in [0.29, 0.717) is 17.7 Å². The molecule has 1 aromatic rings. The zero-order valence-corrected chi connectivity index (χ0v) is 10.2. The van der Waals surface area contributed by atoms with Crippen LogP contribution in [0.1, 0.15) is 31.0 Å². The van der Waals surface area contributed by atoms with E-state index >= 15 is 0 Å². The van der Waals surface area contributed by atoms with E-state index in [0.717, 1.165) is 0 Å². The Morgan fingerprint density at radius 2 is 1.94 bits per heavy atom. The summed E-state index contributed by atoms with van der Waals surface area (Å²) in [5.74, 6) is -0.993. The van der Waals surface area contributed by atoms with Crippen LogP contribution in [0.4, 0.5) is 8.78 Å². The summed E-state index contributed by atoms with van der Waals surface area (Å²) in [4.78, 5) is 0. The fraction of sp³-hybridized carbons (Fsp3) is 0.462. The SMILES string of the molecule is Cc1cc(F)c(C(C)NCC(C)C#N)cc1F. The molecule has 2 nitrogen and oxygen atoms in total. The van der Waals surface area contributed by atoms with E-state index in [9.17, 15) is 8.78 Å². The van der Waals surface area contributed by atoms with Crippen LogP contribution in [0.15, 0.2) is 12.1 Å². The Kier molecular flexibility index (Phi) is 4.59. The molecule has 0 bridgehead atoms. The number of nitrogens with one attached hydrogen (secondary N) is 1. The van der Waals surface area contributed by atoms with Gasteiger partial charge in [0.1, 0.15) is 11.6 Å². The first-order valence-electron chi connectivity index (χ1n) is 5.54. The Bertz CT molecular complexity index is 438. The zero-order valence-electron chi connectivity index (χ0n) is 10.2. The maximum atomic E-state index is 13.6. The van der Waals surface area contributed by atoms with Gasteiger partial charge in [0.05, 0.1) is 12.0 Å². The molecule has 92 valence electrons. The number of aryl methyl sites for hydroxylation is 1. The molecule has 0 heterocycles. The highest BCUT2D eigenvalue weighted by atomic mass is 19.1. The third kappa shape index (κ3) is 3.50. The lowest BCUT2D eigenvalue weighted by atomic mass is 10.0. The lowest BCUT2D eigenvalue weighted by molar-refractivity contribution is 0.494. The van der Waals surface area contributed by atoms with Gasteiger partial charge in [-0.15, -0.1) is 0 Å². The molecular weight excluding hydrogens is 222 g/mol. The van der Waals surface area contributed by atoms with Crippen LogP contribution in [0.2, 0.25) is 0 Å². The van der Waals surface area contributed by atoms with Gasteiger partial charge >= 0.3 is 0 Å². The topological polar surface area (TPSA) is 35.8 Å². The van der Waals surface area contributed by atoms with Gasteiger partial charge in [-0.05, 0) is 38.5 Å². The summed E-state index contributed by atoms with van der Waals surface area (Å²) in [6, 6.07) is 4.16. The first-order valence-corrected chi connectivity index (χ1v) is 5.54. The van der Waals surface area contributed by atoms with E-state index < -0.39 is 11.6 Å². The van der Waals surface area contributed by atoms with Gasteiger partial charge in [-0.25, -0.2) is 8.78 Å². The van der Waals surface area contributed by atoms with Crippen molar-refractivity contribution in [2.75, 3.05) is 6.54 Å². The molecule has 17 heavy (non-hydrogen) atoms. The third-order valence-corrected chi connectivity index (χ3v) is 2.70. The Labute approximate surface area is 100 Å². The summed E-state index contributed by atoms with van der Waals surface area (Å²) in [5, 5.41) is 11.6. The largest absolute Gasteiger partial charge is 0.309 e. The molecule has 4 heteroatoms. The second-order valence-electron chi connectivity index (χ2n) is 4.28. The molecule has 0 aliphatic heterocycles. The van der Waals surface area contributed by atoms with Crippen molar-refractivity contribution in [1.82, 2.24) is 5.32 Å². The van der Waals surface area contributed by atoms with E-state index in [1.54, 1.807) is 13.8 Å². The Morgan fingerprint density at radius 1 is 1.29 bits per heavy atom. The fourth-order valence-corrected chi connectivity index (χ4v) is 1.50. The summed E-state index contributed by atoms with van der Waals surface area (Å²) in [6.07, 6.45) is 0. The minimum absolute atomic E-state index is 0.157. The van der Waals surface area contributed by atoms with Crippen LogP contribution in [0.25, 0.3) is 0 Å². The standard InChI is InChI=1S/C13H16F2N2/c1-8(6-16)7-17-10(3)11-5-12(14)9(2)4-13(11)15/h4-5,8,10,17H,7H2,1-3H3. The normalized spacial score (nSPS) is 14.1. The third-order valence-electron chi connectivity index (χ3n) is 2.70. The molecule has 0 aliphatic carbocycles. The zero-order chi connectivity index (χ0) is 13.0. The summed E-state index contributed by atoms with van der Waals surface area (Å²) >= 11 is 0. The molecule has 0 fully saturated rings. The monoisotopic (exact) mass is 238 g/mol. The minimum Gasteiger partial charge on any atom is -0.309 e. The molecule has 0 spiro atoms. The van der Waals surface area contributed by atoms with Gasteiger partial charge in [0.2, 0.25) is 0 Å². The lowest BCUT2D eigenvalue weighted by Gasteiger charge is -2.16. The summed E-state index contributed by atoms with van der Waals surface area (Å²) in [7, 11) is 0. The molecule has 0 saturated heterocycles. The smallest absolute Gasteiger partial charge is 0.128 e. The maximum Gasteiger partial charge on any atom is 0.128 e. The van der Waals surface area contributed by atoms with Gasteiger partial charge in [-0.1, -0.05) is 0 Å². The molecule has 1 rings (SSSR count). The van der Waals surface area contributed by atoms with Crippen molar-refractivity contribution in [2.45, 2.75) is 26.8 Å². The van der Waals surface area contributed by atoms with Crippen LogP contribution in [-0.4, -0.2) is 6.54 Å². The average molecular weight is 238 g/mol. The Balaban J connectivity index is 2.79. The highest BCUT2D eigenvalue weighted by molar-refractivity contribution is 5.27. The maximum absolute atomic E-state index is 13.6. The van der Waals surface area contributed by atoms with E-state index in [-0.39, 0.29) is 12.0 Å². The molecule has 0 saturated carbocycles. The molecule has 0 amide bonds. The van der Waals surface area contributed by atoms with E-state index in [4.69, 9.17) is 5.26 Å². The van der Waals surface area contributed by atoms with Crippen LogP contribution < -0.4 is 5.32 Å². The van der Waals surface area contributed by atoms with Gasteiger partial charge < -0.3 is 5.32 Å². The fourth-order valence-electron chi connectivity index (χ4n) is 1.50. The lowest BCUT2D eigenvalue weighted by Crippen LogP contribution is -2.24. The van der Waals surface area contributed by atoms with Gasteiger partial charge in [0.25, 0.3) is 0 Å². The molecule has 2 unspecified atom stereocenters. The number of rotatable bonds is 4. The summed E-state index contributed by atoms with van der Waals surface area (Å²) < 4.78 is 27.0. The predicted molar refractivity (Wildman–Crippen MR) is 62.3 cm³/mol. The van der Waals surface area contributed by atoms with Crippen LogP contribution in [0.3, 0.4) is 0 Å². The number of nitriles is 1. The van der Waals surface area contributed by atoms with Crippen molar-refractivity contribution in [2.24, 2.45) is 5.92 Å². The predicted octanol–water partition coefficient (Wildman–Crippen LogP) is 3.08. The van der Waals surface area contributed by atoms with Crippen molar-refractivity contribution in [3.8, 4) is 6.07 Å². The van der Waals surface area contributed by atoms with Crippen molar-refractivity contribution in [3.05, 3.63) is 34.9 Å². The highest BCUT2D eigenvalue weighted by Crippen LogP contribution is 2.20. The molecule has 2 atom stereocenters. The van der Waals surface area contributed by atoms with Crippen LogP contribution >= 0.6 is 0 Å². The molecule has 1 N–H and O–H groups in total. The molecule has 0 aromatic heterocycles. The second-order valence-corrected chi connectivity index (χ2v) is 4.28. The average Bonchev–Trinajstić information content (AvgIpc) is 2.30. The van der Waals surface area contributed by atoms with E-state index in [1.807, 2.05) is 0 Å². The number of hydrogen-bond acceptors (Lipinski definition) is 2. The van der Waals surface area contributed by atoms with Crippen molar-refractivity contribution in [1.29, 1.82) is 5.26 Å². The number of halogens is 2. The van der Waals surface area contributed by atoms with Crippen LogP contribution in [0, 0.1) is 35.8 Å². The number of benzene rings is 1. The summed E-state index contributed by atoms with van der Waals surface area (Å²) in [5.41, 5.74) is 0.585. The first-order chi connectivity index (χ1) is 7.95. The minimum atomic E-state index is -0.423. The molecule has 0 aliphatic rings. The summed E-state index contributed by atoms with van der Waals surface area (Å²) in [6.45, 7) is 5.49. The van der Waals surface area contributed by atoms with E-state index in [1.165, 1.54) is 19.1 Å². The quantitative estimate of drug-likeness (QED) is 0.875. The van der Waals surface area contributed by atoms with Crippen molar-refractivity contribution < 1.29 is 8.78 Å². The van der Waals surface area contributed by atoms with Gasteiger partial charge in [0, 0.05) is 18.2 Å². The Hall–Kier alpha value is -1.47. The second kappa shape index (κ2) is 5.74. The van der Waals surface area contributed by atoms with Gasteiger partial charge in [-0.3, -0.25) is 0 Å². The number of nitrogens with zero attached hydrogens (tertiary/aromatic N) is 1. The first kappa shape index (κ1) is 13.6. The highest BCUT2D eigenvalue weighted by Gasteiger charge is 2.14. The molecule has 1 aromatic carbocycles. The van der Waals surface area contributed by atoms with Crippen molar-refractivity contribution >= 4 is 0 Å². The van der Waals surface area contributed by atoms with Gasteiger partial charge in [0.15, 0.2) is 0 Å². The van der Waals surface area contributed by atoms with Crippen LogP contribution in [-0.2, 0) is 0 Å². The van der Waals surface area contributed by atoms with Crippen molar-refractivity contribution in [3.63, 3.8) is 0 Å². The number of hydrogen-bond donors (Lipinski definition) is 1. The van der Waals surface area contributed by atoms with Crippen LogP contribution in [0.5, 0.6) is 0 Å². The van der Waals surface area contributed by atoms with Gasteiger partial charge in [-0.2, -0.15) is 5.26 Å². The van der Waals surface area contributed by atoms with E-state index in [2.05, 4.69) is 11.4 Å². The Morgan fingerprint density at radius 3 is 2.53 bits per heavy atom. The molecule has 0 radical (unpaired) electrons. The molecular formula is C13H16F2N2.